The van der Waals surface area contributed by atoms with Gasteiger partial charge in [0, 0.05) is 12.6 Å². The highest BCUT2D eigenvalue weighted by Gasteiger charge is 2.18. The third kappa shape index (κ3) is 3.88. The molecule has 0 radical (unpaired) electrons. The van der Waals surface area contributed by atoms with Crippen molar-refractivity contribution in [3.8, 4) is 0 Å². The van der Waals surface area contributed by atoms with Crippen molar-refractivity contribution >= 4 is 5.97 Å². The standard InChI is InChI=1S/C14H23NO3/c1-9(2)7-15(10(3)4)8-12-6-13(14(16)17)11(5)18-12/h6,9-10H,7-8H2,1-5H3,(H,16,17). The maximum atomic E-state index is 11.0. The number of furan rings is 1. The first-order valence-corrected chi connectivity index (χ1v) is 6.38. The number of carboxylic acid groups (broad SMARTS) is 1. The zero-order valence-corrected chi connectivity index (χ0v) is 11.9. The number of carbonyl (C=O) groups is 1. The summed E-state index contributed by atoms with van der Waals surface area (Å²) in [6.45, 7) is 11.9. The van der Waals surface area contributed by atoms with Crippen LogP contribution in [-0.2, 0) is 6.54 Å². The van der Waals surface area contributed by atoms with E-state index in [0.29, 0.717) is 24.3 Å². The molecule has 0 aliphatic rings. The summed E-state index contributed by atoms with van der Waals surface area (Å²) < 4.78 is 5.52. The van der Waals surface area contributed by atoms with Crippen LogP contribution in [0.2, 0.25) is 0 Å². The van der Waals surface area contributed by atoms with Crippen LogP contribution in [-0.4, -0.2) is 28.6 Å². The van der Waals surface area contributed by atoms with Crippen LogP contribution in [0.5, 0.6) is 0 Å². The lowest BCUT2D eigenvalue weighted by atomic mass is 10.1. The lowest BCUT2D eigenvalue weighted by Crippen LogP contribution is -2.33. The molecule has 1 N–H and O–H groups in total. The Balaban J connectivity index is 2.81. The molecule has 1 aromatic rings. The summed E-state index contributed by atoms with van der Waals surface area (Å²) in [6.07, 6.45) is 0. The molecule has 102 valence electrons. The van der Waals surface area contributed by atoms with Gasteiger partial charge in [0.2, 0.25) is 0 Å². The van der Waals surface area contributed by atoms with Gasteiger partial charge in [0.05, 0.1) is 6.54 Å². The normalized spacial score (nSPS) is 11.8. The van der Waals surface area contributed by atoms with Gasteiger partial charge in [-0.1, -0.05) is 13.8 Å². The summed E-state index contributed by atoms with van der Waals surface area (Å²) in [5.74, 6) is 0.842. The van der Waals surface area contributed by atoms with E-state index in [1.165, 1.54) is 0 Å². The highest BCUT2D eigenvalue weighted by atomic mass is 16.4. The van der Waals surface area contributed by atoms with Gasteiger partial charge in [-0.2, -0.15) is 0 Å². The number of carboxylic acids is 1. The Morgan fingerprint density at radius 2 is 2.00 bits per heavy atom. The van der Waals surface area contributed by atoms with E-state index in [1.54, 1.807) is 13.0 Å². The average molecular weight is 253 g/mol. The van der Waals surface area contributed by atoms with Crippen LogP contribution >= 0.6 is 0 Å². The second-order valence-electron chi connectivity index (χ2n) is 5.40. The molecule has 1 heterocycles. The highest BCUT2D eigenvalue weighted by Crippen LogP contribution is 2.18. The minimum Gasteiger partial charge on any atom is -0.478 e. The fourth-order valence-electron chi connectivity index (χ4n) is 1.96. The SMILES string of the molecule is Cc1oc(CN(CC(C)C)C(C)C)cc1C(=O)O. The largest absolute Gasteiger partial charge is 0.478 e. The van der Waals surface area contributed by atoms with Gasteiger partial charge in [-0.3, -0.25) is 4.90 Å². The van der Waals surface area contributed by atoms with Gasteiger partial charge in [0.15, 0.2) is 0 Å². The smallest absolute Gasteiger partial charge is 0.339 e. The van der Waals surface area contributed by atoms with Crippen LogP contribution in [0.15, 0.2) is 10.5 Å². The Bertz CT molecular complexity index is 407. The number of nitrogens with zero attached hydrogens (tertiary/aromatic N) is 1. The van der Waals surface area contributed by atoms with E-state index >= 15 is 0 Å². The van der Waals surface area contributed by atoms with Crippen molar-refractivity contribution in [2.75, 3.05) is 6.54 Å². The van der Waals surface area contributed by atoms with Gasteiger partial charge in [0.1, 0.15) is 17.1 Å². The van der Waals surface area contributed by atoms with E-state index in [4.69, 9.17) is 9.52 Å². The van der Waals surface area contributed by atoms with Crippen LogP contribution in [0.4, 0.5) is 0 Å². The number of aryl methyl sites for hydroxylation is 1. The Kier molecular flexibility index (Phi) is 4.96. The fraction of sp³-hybridized carbons (Fsp3) is 0.643. The van der Waals surface area contributed by atoms with Gasteiger partial charge in [0.25, 0.3) is 0 Å². The number of hydrogen-bond donors (Lipinski definition) is 1. The minimum absolute atomic E-state index is 0.262. The quantitative estimate of drug-likeness (QED) is 0.846. The molecule has 18 heavy (non-hydrogen) atoms. The van der Waals surface area contributed by atoms with Gasteiger partial charge in [-0.25, -0.2) is 4.79 Å². The topological polar surface area (TPSA) is 53.7 Å². The molecule has 1 aromatic heterocycles. The van der Waals surface area contributed by atoms with Crippen LogP contribution in [0.3, 0.4) is 0 Å². The van der Waals surface area contributed by atoms with E-state index in [-0.39, 0.29) is 5.56 Å². The molecule has 4 nitrogen and oxygen atoms in total. The Morgan fingerprint density at radius 1 is 1.39 bits per heavy atom. The molecule has 0 amide bonds. The van der Waals surface area contributed by atoms with Gasteiger partial charge < -0.3 is 9.52 Å². The predicted molar refractivity (Wildman–Crippen MR) is 70.8 cm³/mol. The van der Waals surface area contributed by atoms with Crippen molar-refractivity contribution in [1.29, 1.82) is 0 Å². The van der Waals surface area contributed by atoms with Gasteiger partial charge in [-0.05, 0) is 32.8 Å². The summed E-state index contributed by atoms with van der Waals surface area (Å²) in [4.78, 5) is 13.2. The predicted octanol–water partition coefficient (Wildman–Crippen LogP) is 3.15. The van der Waals surface area contributed by atoms with E-state index in [2.05, 4.69) is 32.6 Å². The van der Waals surface area contributed by atoms with Crippen LogP contribution in [0.25, 0.3) is 0 Å². The Labute approximate surface area is 109 Å². The van der Waals surface area contributed by atoms with Gasteiger partial charge >= 0.3 is 5.97 Å². The number of rotatable bonds is 6. The van der Waals surface area contributed by atoms with Crippen molar-refractivity contribution < 1.29 is 14.3 Å². The van der Waals surface area contributed by atoms with Gasteiger partial charge in [-0.15, -0.1) is 0 Å². The number of hydrogen-bond acceptors (Lipinski definition) is 3. The van der Waals surface area contributed by atoms with Crippen molar-refractivity contribution in [3.63, 3.8) is 0 Å². The zero-order valence-electron chi connectivity index (χ0n) is 11.9. The summed E-state index contributed by atoms with van der Waals surface area (Å²) in [6, 6.07) is 2.04. The lowest BCUT2D eigenvalue weighted by molar-refractivity contribution is 0.0695. The molecule has 0 saturated heterocycles. The molecule has 0 unspecified atom stereocenters. The minimum atomic E-state index is -0.928. The van der Waals surface area contributed by atoms with Crippen molar-refractivity contribution in [3.05, 3.63) is 23.2 Å². The first-order chi connectivity index (χ1) is 8.31. The van der Waals surface area contributed by atoms with E-state index in [0.717, 1.165) is 12.3 Å². The summed E-state index contributed by atoms with van der Waals surface area (Å²) in [5, 5.41) is 8.99. The third-order valence-electron chi connectivity index (χ3n) is 2.89. The lowest BCUT2D eigenvalue weighted by Gasteiger charge is -2.27. The average Bonchev–Trinajstić information content (AvgIpc) is 2.57. The molecule has 0 aliphatic heterocycles. The van der Waals surface area contributed by atoms with E-state index < -0.39 is 5.97 Å². The van der Waals surface area contributed by atoms with Crippen LogP contribution in [0.1, 0.15) is 49.6 Å². The first-order valence-electron chi connectivity index (χ1n) is 6.38. The van der Waals surface area contributed by atoms with Crippen molar-refractivity contribution in [2.45, 2.75) is 47.2 Å². The van der Waals surface area contributed by atoms with Crippen LogP contribution < -0.4 is 0 Å². The Morgan fingerprint density at radius 3 is 2.39 bits per heavy atom. The summed E-state index contributed by atoms with van der Waals surface area (Å²) in [5.41, 5.74) is 0.262. The van der Waals surface area contributed by atoms with Crippen LogP contribution in [0, 0.1) is 12.8 Å². The van der Waals surface area contributed by atoms with Crippen molar-refractivity contribution in [1.82, 2.24) is 4.90 Å². The van der Waals surface area contributed by atoms with E-state index in [1.807, 2.05) is 0 Å². The molecule has 0 aromatic carbocycles. The molecule has 0 spiro atoms. The monoisotopic (exact) mass is 253 g/mol. The molecule has 1 rings (SSSR count). The van der Waals surface area contributed by atoms with E-state index in [9.17, 15) is 4.79 Å². The zero-order chi connectivity index (χ0) is 13.9. The highest BCUT2D eigenvalue weighted by molar-refractivity contribution is 5.88. The molecule has 0 saturated carbocycles. The molecule has 4 heteroatoms. The molecule has 0 fully saturated rings. The second-order valence-corrected chi connectivity index (χ2v) is 5.40. The summed E-state index contributed by atoms with van der Waals surface area (Å²) >= 11 is 0. The maximum absolute atomic E-state index is 11.0. The molecular weight excluding hydrogens is 230 g/mol. The summed E-state index contributed by atoms with van der Waals surface area (Å²) in [7, 11) is 0. The second kappa shape index (κ2) is 6.05. The fourth-order valence-corrected chi connectivity index (χ4v) is 1.96. The maximum Gasteiger partial charge on any atom is 0.339 e. The molecular formula is C14H23NO3. The third-order valence-corrected chi connectivity index (χ3v) is 2.89. The molecule has 0 aliphatic carbocycles. The first kappa shape index (κ1) is 14.8. The van der Waals surface area contributed by atoms with Crippen molar-refractivity contribution in [2.24, 2.45) is 5.92 Å². The molecule has 0 bridgehead atoms. The molecule has 0 atom stereocenters. The Hall–Kier alpha value is -1.29. The number of aromatic carboxylic acids is 1.